The topological polar surface area (TPSA) is 116 Å². The molecule has 1 heterocycles. The Morgan fingerprint density at radius 3 is 2.26 bits per heavy atom. The van der Waals surface area contributed by atoms with Crippen LogP contribution in [0.15, 0.2) is 77.7 Å². The van der Waals surface area contributed by atoms with E-state index in [1.54, 1.807) is 12.1 Å². The third-order valence-electron chi connectivity index (χ3n) is 6.13. The molecule has 1 aliphatic heterocycles. The van der Waals surface area contributed by atoms with Gasteiger partial charge in [0.15, 0.2) is 0 Å². The first-order valence-corrected chi connectivity index (χ1v) is 12.6. The lowest BCUT2D eigenvalue weighted by atomic mass is 9.95. The molecule has 0 spiro atoms. The number of nitrogens with two attached hydrogens (primary N) is 1. The van der Waals surface area contributed by atoms with E-state index in [9.17, 15) is 18.5 Å². The van der Waals surface area contributed by atoms with E-state index in [4.69, 9.17) is 5.14 Å². The summed E-state index contributed by atoms with van der Waals surface area (Å²) in [6.07, 6.45) is 1.52. The van der Waals surface area contributed by atoms with E-state index in [2.05, 4.69) is 28.4 Å². The number of benzene rings is 3. The highest BCUT2D eigenvalue weighted by Gasteiger charge is 2.25. The molecule has 4 rings (SSSR count). The number of nitrogens with zero attached hydrogens (tertiary/aromatic N) is 2. The van der Waals surface area contributed by atoms with Crippen LogP contribution in [0.2, 0.25) is 0 Å². The van der Waals surface area contributed by atoms with Crippen LogP contribution in [0, 0.1) is 17.2 Å². The van der Waals surface area contributed by atoms with Gasteiger partial charge in [-0.3, -0.25) is 9.69 Å². The maximum Gasteiger partial charge on any atom is 0.238 e. The van der Waals surface area contributed by atoms with Crippen LogP contribution in [0.4, 0.5) is 5.69 Å². The zero-order valence-electron chi connectivity index (χ0n) is 18.6. The van der Waals surface area contributed by atoms with Crippen molar-refractivity contribution in [2.45, 2.75) is 24.3 Å². The number of nitriles is 1. The molecule has 0 unspecified atom stereocenters. The molecular weight excluding hydrogens is 448 g/mol. The van der Waals surface area contributed by atoms with E-state index in [-0.39, 0.29) is 16.7 Å². The monoisotopic (exact) mass is 474 g/mol. The van der Waals surface area contributed by atoms with Crippen molar-refractivity contribution in [2.24, 2.45) is 11.1 Å². The number of hydrogen-bond donors (Lipinski definition) is 2. The number of likely N-dealkylation sites (tertiary alicyclic amines) is 1. The molecule has 7 nitrogen and oxygen atoms in total. The van der Waals surface area contributed by atoms with E-state index >= 15 is 0 Å². The first-order chi connectivity index (χ1) is 16.3. The van der Waals surface area contributed by atoms with Gasteiger partial charge in [-0.05, 0) is 73.0 Å². The van der Waals surface area contributed by atoms with Crippen LogP contribution in [-0.2, 0) is 21.4 Å². The average molecular weight is 475 g/mol. The van der Waals surface area contributed by atoms with Crippen LogP contribution in [0.1, 0.15) is 24.0 Å². The Kier molecular flexibility index (Phi) is 7.08. The molecule has 0 bridgehead atoms. The van der Waals surface area contributed by atoms with E-state index in [1.165, 1.54) is 17.7 Å². The van der Waals surface area contributed by atoms with Crippen LogP contribution in [0.5, 0.6) is 0 Å². The second-order valence-electron chi connectivity index (χ2n) is 8.46. The summed E-state index contributed by atoms with van der Waals surface area (Å²) in [4.78, 5) is 15.0. The van der Waals surface area contributed by atoms with Crippen LogP contribution < -0.4 is 10.5 Å². The number of rotatable bonds is 6. The SMILES string of the molecule is N#Cc1ccccc1-c1ccc(CN2CCC(C(=O)Nc3ccc(S(N)(=O)=O)cc3)CC2)cc1. The number of anilines is 1. The van der Waals surface area contributed by atoms with Gasteiger partial charge in [0, 0.05) is 18.2 Å². The average Bonchev–Trinajstić information content (AvgIpc) is 2.85. The Bertz CT molecular complexity index is 1310. The van der Waals surface area contributed by atoms with E-state index < -0.39 is 10.0 Å². The Morgan fingerprint density at radius 1 is 1.00 bits per heavy atom. The second kappa shape index (κ2) is 10.2. The molecule has 1 saturated heterocycles. The molecule has 1 fully saturated rings. The third-order valence-corrected chi connectivity index (χ3v) is 7.06. The van der Waals surface area contributed by atoms with Gasteiger partial charge in [0.25, 0.3) is 0 Å². The van der Waals surface area contributed by atoms with Crippen molar-refractivity contribution in [3.8, 4) is 17.2 Å². The summed E-state index contributed by atoms with van der Waals surface area (Å²) in [5.41, 5.74) is 4.36. The maximum atomic E-state index is 12.6. The summed E-state index contributed by atoms with van der Waals surface area (Å²) >= 11 is 0. The molecule has 0 aromatic heterocycles. The summed E-state index contributed by atoms with van der Waals surface area (Å²) in [5, 5.41) is 17.3. The molecule has 3 N–H and O–H groups in total. The zero-order valence-corrected chi connectivity index (χ0v) is 19.5. The van der Waals surface area contributed by atoms with Gasteiger partial charge < -0.3 is 5.32 Å². The minimum absolute atomic E-state index is 0.0149. The summed E-state index contributed by atoms with van der Waals surface area (Å²) < 4.78 is 22.7. The van der Waals surface area contributed by atoms with Crippen molar-refractivity contribution in [2.75, 3.05) is 18.4 Å². The minimum atomic E-state index is -3.75. The molecule has 0 saturated carbocycles. The van der Waals surface area contributed by atoms with E-state index in [0.29, 0.717) is 11.3 Å². The molecule has 0 aliphatic carbocycles. The number of nitrogens with one attached hydrogen (secondary N) is 1. The van der Waals surface area contributed by atoms with Crippen LogP contribution in [0.25, 0.3) is 11.1 Å². The van der Waals surface area contributed by atoms with E-state index in [0.717, 1.165) is 43.6 Å². The van der Waals surface area contributed by atoms with Crippen molar-refractivity contribution < 1.29 is 13.2 Å². The fourth-order valence-electron chi connectivity index (χ4n) is 4.21. The molecular formula is C26H26N4O3S. The number of sulfonamides is 1. The van der Waals surface area contributed by atoms with Crippen molar-refractivity contribution in [1.29, 1.82) is 5.26 Å². The molecule has 174 valence electrons. The first-order valence-electron chi connectivity index (χ1n) is 11.1. The number of carbonyl (C=O) groups excluding carboxylic acids is 1. The van der Waals surface area contributed by atoms with Crippen LogP contribution in [0.3, 0.4) is 0 Å². The lowest BCUT2D eigenvalue weighted by molar-refractivity contribution is -0.121. The summed E-state index contributed by atoms with van der Waals surface area (Å²) in [6, 6.07) is 24.0. The molecule has 0 atom stereocenters. The van der Waals surface area contributed by atoms with Gasteiger partial charge in [0.05, 0.1) is 16.5 Å². The molecule has 3 aromatic carbocycles. The minimum Gasteiger partial charge on any atom is -0.326 e. The lowest BCUT2D eigenvalue weighted by Gasteiger charge is -2.31. The smallest absolute Gasteiger partial charge is 0.238 e. The third kappa shape index (κ3) is 5.69. The molecule has 34 heavy (non-hydrogen) atoms. The van der Waals surface area contributed by atoms with Crippen molar-refractivity contribution in [3.05, 3.63) is 83.9 Å². The number of amides is 1. The fraction of sp³-hybridized carbons (Fsp3) is 0.231. The Labute approximate surface area is 199 Å². The van der Waals surface area contributed by atoms with E-state index in [1.807, 2.05) is 36.4 Å². The fourth-order valence-corrected chi connectivity index (χ4v) is 4.72. The first kappa shape index (κ1) is 23.6. The zero-order chi connectivity index (χ0) is 24.1. The van der Waals surface area contributed by atoms with Gasteiger partial charge in [-0.1, -0.05) is 42.5 Å². The highest BCUT2D eigenvalue weighted by Crippen LogP contribution is 2.25. The molecule has 1 amide bonds. The van der Waals surface area contributed by atoms with Crippen LogP contribution >= 0.6 is 0 Å². The Balaban J connectivity index is 1.29. The predicted octanol–water partition coefficient (Wildman–Crippen LogP) is 3.72. The molecule has 3 aromatic rings. The standard InChI is InChI=1S/C26H26N4O3S/c27-17-22-3-1-2-4-25(22)20-7-5-19(6-8-20)18-30-15-13-21(14-16-30)26(31)29-23-9-11-24(12-10-23)34(28,32)33/h1-12,21H,13-16,18H2,(H,29,31)(H2,28,32,33). The van der Waals surface area contributed by atoms with Crippen LogP contribution in [-0.4, -0.2) is 32.3 Å². The number of primary sulfonamides is 1. The van der Waals surface area contributed by atoms with Crippen molar-refractivity contribution >= 4 is 21.6 Å². The Morgan fingerprint density at radius 2 is 1.65 bits per heavy atom. The lowest BCUT2D eigenvalue weighted by Crippen LogP contribution is -2.37. The van der Waals surface area contributed by atoms with Gasteiger partial charge in [0.1, 0.15) is 0 Å². The second-order valence-corrected chi connectivity index (χ2v) is 10.0. The molecule has 8 heteroatoms. The number of hydrogen-bond acceptors (Lipinski definition) is 5. The van der Waals surface area contributed by atoms with Crippen molar-refractivity contribution in [1.82, 2.24) is 4.90 Å². The Hall–Kier alpha value is -3.51. The number of piperidine rings is 1. The molecule has 1 aliphatic rings. The van der Waals surface area contributed by atoms with Gasteiger partial charge in [-0.2, -0.15) is 5.26 Å². The summed E-state index contributed by atoms with van der Waals surface area (Å²) in [7, 11) is -3.75. The number of carbonyl (C=O) groups is 1. The van der Waals surface area contributed by atoms with Gasteiger partial charge in [0.2, 0.25) is 15.9 Å². The highest BCUT2D eigenvalue weighted by molar-refractivity contribution is 7.89. The van der Waals surface area contributed by atoms with Gasteiger partial charge in [-0.25, -0.2) is 13.6 Å². The summed E-state index contributed by atoms with van der Waals surface area (Å²) in [6.45, 7) is 2.45. The normalized spacial score (nSPS) is 14.9. The summed E-state index contributed by atoms with van der Waals surface area (Å²) in [5.74, 6) is -0.137. The largest absolute Gasteiger partial charge is 0.326 e. The van der Waals surface area contributed by atoms with Crippen molar-refractivity contribution in [3.63, 3.8) is 0 Å². The highest BCUT2D eigenvalue weighted by atomic mass is 32.2. The maximum absolute atomic E-state index is 12.6. The quantitative estimate of drug-likeness (QED) is 0.565. The van der Waals surface area contributed by atoms with Gasteiger partial charge >= 0.3 is 0 Å². The molecule has 0 radical (unpaired) electrons. The van der Waals surface area contributed by atoms with Gasteiger partial charge in [-0.15, -0.1) is 0 Å². The predicted molar refractivity (Wildman–Crippen MR) is 131 cm³/mol.